The van der Waals surface area contributed by atoms with E-state index < -0.39 is 69.9 Å². The molecule has 0 aliphatic heterocycles. The van der Waals surface area contributed by atoms with E-state index in [1.54, 1.807) is 0 Å². The third kappa shape index (κ3) is 7.20. The molecule has 2 aromatic carbocycles. The van der Waals surface area contributed by atoms with Crippen molar-refractivity contribution >= 4 is 52.3 Å². The molecule has 0 bridgehead atoms. The van der Waals surface area contributed by atoms with Crippen molar-refractivity contribution < 1.29 is 40.3 Å². The second kappa shape index (κ2) is 11.8. The molecule has 0 heterocycles. The van der Waals surface area contributed by atoms with E-state index in [0.717, 1.165) is 43.5 Å². The van der Waals surface area contributed by atoms with Crippen LogP contribution in [0.5, 0.6) is 0 Å². The third-order valence-electron chi connectivity index (χ3n) is 7.54. The number of nitrogens with one attached hydrogen (secondary N) is 1. The lowest BCUT2D eigenvalue weighted by Crippen LogP contribution is -2.38. The van der Waals surface area contributed by atoms with Crippen LogP contribution in [-0.4, -0.2) is 24.4 Å². The van der Waals surface area contributed by atoms with Gasteiger partial charge >= 0.3 is 12.4 Å². The SMILES string of the molecule is O=C(CC1(C(=O)NCC2CCC2)CC1)c1ccc(/C(F)=C/C(c2cc(Cl)c(Cl)c(Cl)c2)C(F)(F)F)cc1C(F)(F)F. The molecular weight excluding hydrogens is 622 g/mol. The van der Waals surface area contributed by atoms with E-state index in [2.05, 4.69) is 5.32 Å². The number of amides is 1. The Morgan fingerprint density at radius 2 is 1.61 bits per heavy atom. The van der Waals surface area contributed by atoms with E-state index >= 15 is 4.39 Å². The maximum absolute atomic E-state index is 15.1. The monoisotopic (exact) mass is 643 g/mol. The minimum atomic E-state index is -5.13. The first-order valence-electron chi connectivity index (χ1n) is 12.6. The number of carbonyl (C=O) groups excluding carboxylic acids is 2. The molecule has 2 saturated carbocycles. The van der Waals surface area contributed by atoms with Gasteiger partial charge in [-0.25, -0.2) is 4.39 Å². The number of allylic oxidation sites excluding steroid dienone is 1. The zero-order valence-electron chi connectivity index (χ0n) is 21.2. The van der Waals surface area contributed by atoms with E-state index in [-0.39, 0.29) is 27.2 Å². The van der Waals surface area contributed by atoms with Crippen molar-refractivity contribution in [2.45, 2.75) is 56.8 Å². The number of ketones is 1. The summed E-state index contributed by atoms with van der Waals surface area (Å²) in [4.78, 5) is 25.6. The highest BCUT2D eigenvalue weighted by atomic mass is 35.5. The first-order chi connectivity index (χ1) is 19.0. The van der Waals surface area contributed by atoms with Crippen LogP contribution >= 0.6 is 34.8 Å². The van der Waals surface area contributed by atoms with Crippen LogP contribution < -0.4 is 5.32 Å². The molecular formula is C28H23Cl3F7NO2. The second-order valence-corrected chi connectivity index (χ2v) is 11.7. The topological polar surface area (TPSA) is 46.2 Å². The number of rotatable bonds is 9. The van der Waals surface area contributed by atoms with Gasteiger partial charge in [0, 0.05) is 24.1 Å². The maximum atomic E-state index is 15.1. The van der Waals surface area contributed by atoms with Gasteiger partial charge in [-0.15, -0.1) is 0 Å². The predicted octanol–water partition coefficient (Wildman–Crippen LogP) is 9.59. The number of halogens is 10. The van der Waals surface area contributed by atoms with Gasteiger partial charge in [0.1, 0.15) is 11.7 Å². The Morgan fingerprint density at radius 1 is 1.00 bits per heavy atom. The fourth-order valence-corrected chi connectivity index (χ4v) is 5.32. The Labute approximate surface area is 246 Å². The molecule has 13 heteroatoms. The van der Waals surface area contributed by atoms with E-state index in [1.807, 2.05) is 0 Å². The average molecular weight is 645 g/mol. The highest BCUT2D eigenvalue weighted by Crippen LogP contribution is 2.50. The minimum Gasteiger partial charge on any atom is -0.355 e. The lowest BCUT2D eigenvalue weighted by Gasteiger charge is -2.26. The smallest absolute Gasteiger partial charge is 0.355 e. The van der Waals surface area contributed by atoms with Crippen LogP contribution in [-0.2, 0) is 11.0 Å². The Balaban J connectivity index is 1.61. The molecule has 1 atom stereocenters. The van der Waals surface area contributed by atoms with Crippen LogP contribution in [0.3, 0.4) is 0 Å². The van der Waals surface area contributed by atoms with Gasteiger partial charge in [0.2, 0.25) is 5.91 Å². The van der Waals surface area contributed by atoms with E-state index in [9.17, 15) is 35.9 Å². The van der Waals surface area contributed by atoms with Crippen molar-refractivity contribution in [2.24, 2.45) is 11.3 Å². The van der Waals surface area contributed by atoms with Crippen molar-refractivity contribution in [2.75, 3.05) is 6.54 Å². The summed E-state index contributed by atoms with van der Waals surface area (Å²) in [5.41, 5.74) is -4.82. The maximum Gasteiger partial charge on any atom is 0.417 e. The van der Waals surface area contributed by atoms with Crippen molar-refractivity contribution in [3.63, 3.8) is 0 Å². The highest BCUT2D eigenvalue weighted by molar-refractivity contribution is 6.48. The summed E-state index contributed by atoms with van der Waals surface area (Å²) < 4.78 is 98.5. The highest BCUT2D eigenvalue weighted by Gasteiger charge is 2.52. The fraction of sp³-hybridized carbons (Fsp3) is 0.429. The Bertz CT molecular complexity index is 1360. The Morgan fingerprint density at radius 3 is 2.10 bits per heavy atom. The molecule has 0 aromatic heterocycles. The molecule has 41 heavy (non-hydrogen) atoms. The van der Waals surface area contributed by atoms with Crippen LogP contribution in [0, 0.1) is 11.3 Å². The molecule has 2 fully saturated rings. The number of hydrogen-bond donors (Lipinski definition) is 1. The van der Waals surface area contributed by atoms with Gasteiger partial charge in [0.05, 0.1) is 26.0 Å². The Kier molecular flexibility index (Phi) is 9.08. The standard InChI is InChI=1S/C28H23Cl3F7NO2/c29-20-9-16(10-21(30)24(20)31)18(27(33,34)35)11-22(32)15-4-5-17(19(8-15)28(36,37)38)23(40)12-26(6-7-26)25(41)39-13-14-2-1-3-14/h4-5,8-11,14,18H,1-3,6-7,12-13H2,(H,39,41)/b22-11-. The summed E-state index contributed by atoms with van der Waals surface area (Å²) in [6.45, 7) is 0.441. The summed E-state index contributed by atoms with van der Waals surface area (Å²) in [5, 5.41) is 1.90. The second-order valence-electron chi connectivity index (χ2n) is 10.5. The van der Waals surface area contributed by atoms with Crippen LogP contribution in [0.4, 0.5) is 30.7 Å². The molecule has 3 nitrogen and oxygen atoms in total. The van der Waals surface area contributed by atoms with Gasteiger partial charge in [-0.05, 0) is 61.4 Å². The molecule has 1 N–H and O–H groups in total. The average Bonchev–Trinajstić information content (AvgIpc) is 3.63. The number of alkyl halides is 6. The molecule has 0 spiro atoms. The number of hydrogen-bond acceptors (Lipinski definition) is 2. The molecule has 1 amide bonds. The van der Waals surface area contributed by atoms with Gasteiger partial charge in [-0.3, -0.25) is 9.59 Å². The zero-order chi connectivity index (χ0) is 30.3. The molecule has 2 aliphatic carbocycles. The van der Waals surface area contributed by atoms with Gasteiger partial charge in [-0.2, -0.15) is 26.3 Å². The molecule has 0 saturated heterocycles. The van der Waals surface area contributed by atoms with Crippen molar-refractivity contribution in [1.29, 1.82) is 0 Å². The summed E-state index contributed by atoms with van der Waals surface area (Å²) >= 11 is 17.4. The number of benzene rings is 2. The predicted molar refractivity (Wildman–Crippen MR) is 142 cm³/mol. The normalized spacial score (nSPS) is 18.0. The molecule has 1 unspecified atom stereocenters. The summed E-state index contributed by atoms with van der Waals surface area (Å²) in [5.74, 6) is -5.25. The molecule has 4 rings (SSSR count). The first kappa shape index (κ1) is 31.6. The van der Waals surface area contributed by atoms with Gasteiger partial charge in [0.15, 0.2) is 5.78 Å². The van der Waals surface area contributed by atoms with Gasteiger partial charge in [0.25, 0.3) is 0 Å². The van der Waals surface area contributed by atoms with Gasteiger partial charge < -0.3 is 5.32 Å². The summed E-state index contributed by atoms with van der Waals surface area (Å²) in [6.07, 6.45) is -6.89. The van der Waals surface area contributed by atoms with Crippen molar-refractivity contribution in [3.8, 4) is 0 Å². The van der Waals surface area contributed by atoms with Crippen molar-refractivity contribution in [1.82, 2.24) is 5.32 Å². The summed E-state index contributed by atoms with van der Waals surface area (Å²) in [6, 6.07) is 3.45. The van der Waals surface area contributed by atoms with Gasteiger partial charge in [-0.1, -0.05) is 53.4 Å². The fourth-order valence-electron chi connectivity index (χ4n) is 4.71. The number of carbonyl (C=O) groups is 2. The van der Waals surface area contributed by atoms with E-state index in [4.69, 9.17) is 34.8 Å². The van der Waals surface area contributed by atoms with Crippen LogP contribution in [0.1, 0.15) is 71.5 Å². The van der Waals surface area contributed by atoms with Crippen LogP contribution in [0.2, 0.25) is 15.1 Å². The number of Topliss-reactive ketones (excluding diaryl/α,β-unsaturated/α-hetero) is 1. The lowest BCUT2D eigenvalue weighted by molar-refractivity contribution is -0.140. The zero-order valence-corrected chi connectivity index (χ0v) is 23.4. The quantitative estimate of drug-likeness (QED) is 0.168. The van der Waals surface area contributed by atoms with E-state index in [0.29, 0.717) is 25.3 Å². The third-order valence-corrected chi connectivity index (χ3v) is 8.74. The largest absolute Gasteiger partial charge is 0.417 e. The van der Waals surface area contributed by atoms with Crippen LogP contribution in [0.15, 0.2) is 36.4 Å². The molecule has 2 aliphatic rings. The van der Waals surface area contributed by atoms with E-state index in [1.165, 1.54) is 0 Å². The lowest BCUT2D eigenvalue weighted by atomic mass is 9.85. The summed E-state index contributed by atoms with van der Waals surface area (Å²) in [7, 11) is 0. The molecule has 2 aromatic rings. The van der Waals surface area contributed by atoms with Crippen molar-refractivity contribution in [3.05, 3.63) is 73.7 Å². The molecule has 222 valence electrons. The first-order valence-corrected chi connectivity index (χ1v) is 13.8. The minimum absolute atomic E-state index is 0.0957. The Hall–Kier alpha value is -2.30. The molecule has 0 radical (unpaired) electrons. The van der Waals surface area contributed by atoms with Crippen LogP contribution in [0.25, 0.3) is 5.83 Å².